The van der Waals surface area contributed by atoms with E-state index < -0.39 is 5.97 Å². The average Bonchev–Trinajstić information content (AvgIpc) is 2.70. The van der Waals surface area contributed by atoms with Gasteiger partial charge in [-0.25, -0.2) is 0 Å². The lowest BCUT2D eigenvalue weighted by molar-refractivity contribution is -0.155. The van der Waals surface area contributed by atoms with Crippen LogP contribution in [0.25, 0.3) is 0 Å². The van der Waals surface area contributed by atoms with Crippen LogP contribution in [-0.4, -0.2) is 22.6 Å². The van der Waals surface area contributed by atoms with Crippen molar-refractivity contribution in [3.63, 3.8) is 0 Å². The van der Waals surface area contributed by atoms with Crippen LogP contribution in [0.5, 0.6) is 0 Å². The molecular weight excluding hydrogens is 400 g/mol. The lowest BCUT2D eigenvalue weighted by atomic mass is 10.1. The molecule has 0 saturated carbocycles. The Labute approximate surface area is 200 Å². The molecule has 1 N–H and O–H groups in total. The molecule has 4 heteroatoms. The van der Waals surface area contributed by atoms with Crippen molar-refractivity contribution in [2.24, 2.45) is 0 Å². The molecular formula is C28H56O4. The lowest BCUT2D eigenvalue weighted by Crippen LogP contribution is -2.23. The molecule has 0 heterocycles. The van der Waals surface area contributed by atoms with Crippen LogP contribution >= 0.6 is 0 Å². The quantitative estimate of drug-likeness (QED) is 0.146. The molecule has 0 aromatic rings. The molecule has 0 radical (unpaired) electrons. The molecule has 0 aliphatic carbocycles. The number of unbranched alkanes of at least 4 members (excludes halogenated alkanes) is 16. The van der Waals surface area contributed by atoms with E-state index >= 15 is 0 Å². The third-order valence-electron chi connectivity index (χ3n) is 5.40. The predicted molar refractivity (Wildman–Crippen MR) is 137 cm³/mol. The summed E-state index contributed by atoms with van der Waals surface area (Å²) in [5.74, 6) is -0.710. The first kappa shape index (κ1) is 33.1. The molecule has 4 nitrogen and oxygen atoms in total. The third-order valence-corrected chi connectivity index (χ3v) is 5.40. The summed E-state index contributed by atoms with van der Waals surface area (Å²) in [6, 6.07) is 0. The van der Waals surface area contributed by atoms with E-state index in [9.17, 15) is 9.59 Å². The fraction of sp³-hybridized carbons (Fsp3) is 0.929. The molecule has 0 atom stereocenters. The standard InChI is InChI=1S/C16H32O2.C12H24O2/c1-5-6-7-8-9-10-11-12-13-14-15(17)18-16(2,3)4;1-2-3-4-5-6-7-8-9-10-11-12(13)14/h5-14H2,1-4H3;2-11H2,1H3,(H,13,14). The van der Waals surface area contributed by atoms with E-state index in [-0.39, 0.29) is 11.6 Å². The molecule has 0 aliphatic heterocycles. The Morgan fingerprint density at radius 2 is 0.875 bits per heavy atom. The number of carbonyl (C=O) groups is 2. The van der Waals surface area contributed by atoms with Gasteiger partial charge < -0.3 is 9.84 Å². The van der Waals surface area contributed by atoms with Crippen molar-refractivity contribution >= 4 is 11.9 Å². The van der Waals surface area contributed by atoms with Crippen LogP contribution in [0.15, 0.2) is 0 Å². The summed E-state index contributed by atoms with van der Waals surface area (Å²) in [5.41, 5.74) is -0.337. The molecule has 0 spiro atoms. The van der Waals surface area contributed by atoms with Gasteiger partial charge >= 0.3 is 11.9 Å². The number of hydrogen-bond donors (Lipinski definition) is 1. The highest BCUT2D eigenvalue weighted by Gasteiger charge is 2.15. The first-order valence-corrected chi connectivity index (χ1v) is 13.7. The zero-order valence-electron chi connectivity index (χ0n) is 22.3. The summed E-state index contributed by atoms with van der Waals surface area (Å²) in [6.07, 6.45) is 23.6. The number of carbonyl (C=O) groups excluding carboxylic acids is 1. The van der Waals surface area contributed by atoms with Crippen LogP contribution in [0.1, 0.15) is 163 Å². The van der Waals surface area contributed by atoms with Crippen molar-refractivity contribution < 1.29 is 19.4 Å². The Kier molecular flexibility index (Phi) is 25.4. The highest BCUT2D eigenvalue weighted by Crippen LogP contribution is 2.13. The third kappa shape index (κ3) is 33.6. The van der Waals surface area contributed by atoms with Gasteiger partial charge in [-0.2, -0.15) is 0 Å². The summed E-state index contributed by atoms with van der Waals surface area (Å²) in [4.78, 5) is 21.6. The number of esters is 1. The fourth-order valence-electron chi connectivity index (χ4n) is 3.56. The van der Waals surface area contributed by atoms with Gasteiger partial charge in [0.15, 0.2) is 0 Å². The second-order valence-corrected chi connectivity index (χ2v) is 10.1. The Morgan fingerprint density at radius 1 is 0.562 bits per heavy atom. The van der Waals surface area contributed by atoms with Gasteiger partial charge in [0, 0.05) is 12.8 Å². The number of hydrogen-bond acceptors (Lipinski definition) is 3. The molecule has 0 aromatic heterocycles. The molecule has 0 bridgehead atoms. The van der Waals surface area contributed by atoms with Gasteiger partial charge in [-0.1, -0.05) is 117 Å². The number of rotatable bonds is 20. The van der Waals surface area contributed by atoms with Crippen LogP contribution in [0.3, 0.4) is 0 Å². The molecule has 192 valence electrons. The highest BCUT2D eigenvalue weighted by atomic mass is 16.6. The minimum Gasteiger partial charge on any atom is -0.481 e. The maximum absolute atomic E-state index is 11.4. The molecule has 0 amide bonds. The van der Waals surface area contributed by atoms with Gasteiger partial charge in [0.2, 0.25) is 0 Å². The minimum atomic E-state index is -0.659. The lowest BCUT2D eigenvalue weighted by Gasteiger charge is -2.19. The monoisotopic (exact) mass is 456 g/mol. The van der Waals surface area contributed by atoms with Crippen molar-refractivity contribution in [1.29, 1.82) is 0 Å². The summed E-state index contributed by atoms with van der Waals surface area (Å²) in [5, 5.41) is 8.41. The van der Waals surface area contributed by atoms with Gasteiger partial charge in [0.1, 0.15) is 5.60 Å². The number of carboxylic acid groups (broad SMARTS) is 1. The van der Waals surface area contributed by atoms with Crippen LogP contribution in [0.4, 0.5) is 0 Å². The van der Waals surface area contributed by atoms with E-state index in [1.807, 2.05) is 20.8 Å². The van der Waals surface area contributed by atoms with Crippen LogP contribution in [0.2, 0.25) is 0 Å². The van der Waals surface area contributed by atoms with E-state index in [1.54, 1.807) is 0 Å². The van der Waals surface area contributed by atoms with Crippen molar-refractivity contribution in [2.45, 2.75) is 169 Å². The van der Waals surface area contributed by atoms with E-state index in [1.165, 1.54) is 89.9 Å². The molecule has 0 rings (SSSR count). The summed E-state index contributed by atoms with van der Waals surface area (Å²) >= 11 is 0. The second-order valence-electron chi connectivity index (χ2n) is 10.1. The topological polar surface area (TPSA) is 63.6 Å². The predicted octanol–water partition coefficient (Wildman–Crippen LogP) is 9.24. The van der Waals surface area contributed by atoms with Crippen molar-refractivity contribution in [3.05, 3.63) is 0 Å². The largest absolute Gasteiger partial charge is 0.481 e. The smallest absolute Gasteiger partial charge is 0.306 e. The summed E-state index contributed by atoms with van der Waals surface area (Å²) in [7, 11) is 0. The number of ether oxygens (including phenoxy) is 1. The molecule has 0 aromatic carbocycles. The van der Waals surface area contributed by atoms with Gasteiger partial charge in [-0.05, 0) is 33.6 Å². The van der Waals surface area contributed by atoms with Crippen LogP contribution in [-0.2, 0) is 14.3 Å². The highest BCUT2D eigenvalue weighted by molar-refractivity contribution is 5.69. The Hall–Kier alpha value is -1.06. The maximum atomic E-state index is 11.4. The van der Waals surface area contributed by atoms with E-state index in [0.29, 0.717) is 12.8 Å². The Bertz CT molecular complexity index is 412. The van der Waals surface area contributed by atoms with Gasteiger partial charge in [-0.3, -0.25) is 9.59 Å². The molecule has 0 fully saturated rings. The van der Waals surface area contributed by atoms with Gasteiger partial charge in [0.05, 0.1) is 0 Å². The zero-order chi connectivity index (χ0) is 24.5. The zero-order valence-corrected chi connectivity index (χ0v) is 22.3. The molecule has 0 aliphatic rings. The number of aliphatic carboxylic acids is 1. The molecule has 0 unspecified atom stereocenters. The first-order chi connectivity index (χ1) is 15.2. The fourth-order valence-corrected chi connectivity index (χ4v) is 3.56. The van der Waals surface area contributed by atoms with Crippen LogP contribution in [0, 0.1) is 0 Å². The normalized spacial score (nSPS) is 11.0. The molecule has 0 saturated heterocycles. The molecule has 32 heavy (non-hydrogen) atoms. The second kappa shape index (κ2) is 24.6. The van der Waals surface area contributed by atoms with Crippen molar-refractivity contribution in [1.82, 2.24) is 0 Å². The van der Waals surface area contributed by atoms with E-state index in [0.717, 1.165) is 25.7 Å². The van der Waals surface area contributed by atoms with Crippen LogP contribution < -0.4 is 0 Å². The van der Waals surface area contributed by atoms with E-state index in [4.69, 9.17) is 9.84 Å². The summed E-state index contributed by atoms with van der Waals surface area (Å²) < 4.78 is 5.27. The van der Waals surface area contributed by atoms with Gasteiger partial charge in [0.25, 0.3) is 0 Å². The minimum absolute atomic E-state index is 0.0505. The maximum Gasteiger partial charge on any atom is 0.306 e. The first-order valence-electron chi connectivity index (χ1n) is 13.7. The van der Waals surface area contributed by atoms with Crippen molar-refractivity contribution in [2.75, 3.05) is 0 Å². The Morgan fingerprint density at radius 3 is 1.19 bits per heavy atom. The summed E-state index contributed by atoms with van der Waals surface area (Å²) in [6.45, 7) is 10.2. The van der Waals surface area contributed by atoms with E-state index in [2.05, 4.69) is 13.8 Å². The van der Waals surface area contributed by atoms with Gasteiger partial charge in [-0.15, -0.1) is 0 Å². The Balaban J connectivity index is 0. The average molecular weight is 457 g/mol. The number of carboxylic acids is 1. The SMILES string of the molecule is CCCCCCCCCCCC(=O)O.CCCCCCCCCCCC(=O)OC(C)(C)C. The van der Waals surface area contributed by atoms with Crippen molar-refractivity contribution in [3.8, 4) is 0 Å².